The number of amides is 1. The molecule has 1 aliphatic rings. The number of carbonyl (C=O) groups is 1. The van der Waals surface area contributed by atoms with Gasteiger partial charge in [0.1, 0.15) is 17.1 Å². The van der Waals surface area contributed by atoms with Crippen LogP contribution in [0.3, 0.4) is 0 Å². The predicted octanol–water partition coefficient (Wildman–Crippen LogP) is 6.31. The van der Waals surface area contributed by atoms with Gasteiger partial charge in [-0.05, 0) is 55.3 Å². The van der Waals surface area contributed by atoms with E-state index in [1.165, 1.54) is 12.1 Å². The minimum absolute atomic E-state index is 0.0264. The molecule has 0 atom stereocenters. The number of aryl methyl sites for hydroxylation is 1. The van der Waals surface area contributed by atoms with Crippen LogP contribution in [-0.2, 0) is 4.79 Å². The fourth-order valence-electron chi connectivity index (χ4n) is 4.90. The van der Waals surface area contributed by atoms with E-state index in [-0.39, 0.29) is 11.7 Å². The fourth-order valence-corrected chi connectivity index (χ4v) is 4.90. The van der Waals surface area contributed by atoms with Crippen LogP contribution in [0.5, 0.6) is 5.75 Å². The maximum absolute atomic E-state index is 13.2. The van der Waals surface area contributed by atoms with E-state index in [0.717, 1.165) is 44.5 Å². The van der Waals surface area contributed by atoms with Gasteiger partial charge in [-0.3, -0.25) is 4.79 Å². The number of furan rings is 1. The first-order valence-corrected chi connectivity index (χ1v) is 12.1. The first kappa shape index (κ1) is 23.7. The summed E-state index contributed by atoms with van der Waals surface area (Å²) in [6.07, 6.45) is 3.47. The number of fused-ring (bicyclic) bond motifs is 1. The van der Waals surface area contributed by atoms with Crippen LogP contribution in [0.2, 0.25) is 0 Å². The predicted molar refractivity (Wildman–Crippen MR) is 142 cm³/mol. The van der Waals surface area contributed by atoms with E-state index < -0.39 is 0 Å². The van der Waals surface area contributed by atoms with Crippen molar-refractivity contribution in [2.75, 3.05) is 38.2 Å². The summed E-state index contributed by atoms with van der Waals surface area (Å²) in [4.78, 5) is 17.2. The summed E-state index contributed by atoms with van der Waals surface area (Å²) in [5.41, 5.74) is 6.45. The maximum atomic E-state index is 13.2. The van der Waals surface area contributed by atoms with Gasteiger partial charge < -0.3 is 19.0 Å². The summed E-state index contributed by atoms with van der Waals surface area (Å²) in [7, 11) is 1.64. The van der Waals surface area contributed by atoms with Crippen LogP contribution >= 0.6 is 0 Å². The molecule has 1 aromatic heterocycles. The van der Waals surface area contributed by atoms with Crippen LogP contribution in [0.15, 0.2) is 77.4 Å². The van der Waals surface area contributed by atoms with Crippen LogP contribution in [0, 0.1) is 12.7 Å². The lowest BCUT2D eigenvalue weighted by molar-refractivity contribution is -0.126. The largest absolute Gasteiger partial charge is 0.496 e. The Morgan fingerprint density at radius 3 is 2.39 bits per heavy atom. The van der Waals surface area contributed by atoms with E-state index in [4.69, 9.17) is 9.15 Å². The minimum Gasteiger partial charge on any atom is -0.496 e. The Hall–Kier alpha value is -4.06. The van der Waals surface area contributed by atoms with E-state index in [0.29, 0.717) is 31.9 Å². The Morgan fingerprint density at radius 1 is 1.03 bits per heavy atom. The van der Waals surface area contributed by atoms with Crippen molar-refractivity contribution < 1.29 is 18.3 Å². The highest BCUT2D eigenvalue weighted by Crippen LogP contribution is 2.40. The van der Waals surface area contributed by atoms with E-state index in [2.05, 4.69) is 23.1 Å². The molecule has 0 spiro atoms. The summed E-state index contributed by atoms with van der Waals surface area (Å²) in [5, 5.41) is 0.989. The van der Waals surface area contributed by atoms with Crippen LogP contribution < -0.4 is 9.64 Å². The second kappa shape index (κ2) is 9.90. The topological polar surface area (TPSA) is 45.9 Å². The first-order valence-electron chi connectivity index (χ1n) is 12.1. The molecule has 0 N–H and O–H groups in total. The fraction of sp³-hybridized carbons (Fsp3) is 0.233. The number of halogens is 1. The lowest BCUT2D eigenvalue weighted by Gasteiger charge is -2.35. The minimum atomic E-state index is -0.247. The van der Waals surface area contributed by atoms with Gasteiger partial charge >= 0.3 is 0 Å². The third-order valence-corrected chi connectivity index (χ3v) is 6.88. The van der Waals surface area contributed by atoms with Crippen molar-refractivity contribution in [2.24, 2.45) is 0 Å². The van der Waals surface area contributed by atoms with Crippen molar-refractivity contribution in [2.45, 2.75) is 13.8 Å². The van der Waals surface area contributed by atoms with E-state index in [1.807, 2.05) is 36.9 Å². The number of allylic oxidation sites excluding steroid dienone is 1. The summed E-state index contributed by atoms with van der Waals surface area (Å²) >= 11 is 0. The molecule has 184 valence electrons. The zero-order valence-electron chi connectivity index (χ0n) is 20.8. The molecule has 36 heavy (non-hydrogen) atoms. The Bertz CT molecular complexity index is 1420. The average Bonchev–Trinajstić information content (AvgIpc) is 3.34. The number of hydrogen-bond acceptors (Lipinski definition) is 4. The molecular formula is C30H29FN2O3. The van der Waals surface area contributed by atoms with Crippen molar-refractivity contribution in [3.8, 4) is 16.9 Å². The van der Waals surface area contributed by atoms with Crippen molar-refractivity contribution in [3.05, 3.63) is 89.9 Å². The van der Waals surface area contributed by atoms with Gasteiger partial charge in [0.2, 0.25) is 5.91 Å². The number of anilines is 1. The third kappa shape index (κ3) is 4.47. The number of nitrogens with zero attached hydrogens (tertiary/aromatic N) is 2. The summed E-state index contributed by atoms with van der Waals surface area (Å²) < 4.78 is 24.9. The van der Waals surface area contributed by atoms with Crippen LogP contribution in [-0.4, -0.2) is 44.1 Å². The lowest BCUT2D eigenvalue weighted by atomic mass is 9.96. The van der Waals surface area contributed by atoms with Crippen molar-refractivity contribution in [3.63, 3.8) is 0 Å². The van der Waals surface area contributed by atoms with E-state index in [9.17, 15) is 9.18 Å². The highest BCUT2D eigenvalue weighted by Gasteiger charge is 2.22. The molecule has 0 saturated carbocycles. The number of hydrogen-bond donors (Lipinski definition) is 0. The molecule has 4 aromatic rings. The number of ether oxygens (including phenoxy) is 1. The zero-order chi connectivity index (χ0) is 25.2. The molecule has 5 rings (SSSR count). The van der Waals surface area contributed by atoms with Crippen LogP contribution in [0.25, 0.3) is 27.7 Å². The standard InChI is InChI=1S/C30H29FN2O3/c1-20(17-28(34)33-15-13-32(14-16-33)24-11-9-23(31)10-12-24)25-18-26-27(22-7-5-4-6-8-22)19-36-30(26)21(2)29(25)35-3/h4-12,17-19H,13-16H2,1-3H3/b20-17+. The van der Waals surface area contributed by atoms with Gasteiger partial charge in [0.15, 0.2) is 0 Å². The number of carbonyl (C=O) groups excluding carboxylic acids is 1. The molecule has 0 aliphatic carbocycles. The maximum Gasteiger partial charge on any atom is 0.246 e. The molecule has 6 heteroatoms. The smallest absolute Gasteiger partial charge is 0.246 e. The van der Waals surface area contributed by atoms with E-state index >= 15 is 0 Å². The van der Waals surface area contributed by atoms with Crippen molar-refractivity contribution in [1.29, 1.82) is 0 Å². The van der Waals surface area contributed by atoms with Crippen LogP contribution in [0.1, 0.15) is 18.1 Å². The van der Waals surface area contributed by atoms with Gasteiger partial charge in [0, 0.05) is 60.0 Å². The first-order chi connectivity index (χ1) is 17.5. The monoisotopic (exact) mass is 484 g/mol. The second-order valence-corrected chi connectivity index (χ2v) is 9.09. The Kier molecular flexibility index (Phi) is 6.51. The molecule has 3 aromatic carbocycles. The molecule has 0 bridgehead atoms. The van der Waals surface area contributed by atoms with E-state index in [1.54, 1.807) is 31.6 Å². The quantitative estimate of drug-likeness (QED) is 0.312. The summed E-state index contributed by atoms with van der Waals surface area (Å²) in [5.74, 6) is 0.434. The molecule has 1 saturated heterocycles. The van der Waals surface area contributed by atoms with Gasteiger partial charge in [0.25, 0.3) is 0 Å². The SMILES string of the molecule is COc1c(/C(C)=C/C(=O)N2CCN(c3ccc(F)cc3)CC2)cc2c(-c3ccccc3)coc2c1C. The molecule has 0 unspecified atom stereocenters. The molecule has 2 heterocycles. The Balaban J connectivity index is 1.40. The Labute approximate surface area is 210 Å². The second-order valence-electron chi connectivity index (χ2n) is 9.09. The average molecular weight is 485 g/mol. The summed E-state index contributed by atoms with van der Waals surface area (Å²) in [6.45, 7) is 6.54. The van der Waals surface area contributed by atoms with Crippen molar-refractivity contribution in [1.82, 2.24) is 4.90 Å². The van der Waals surface area contributed by atoms with Gasteiger partial charge in [0.05, 0.1) is 13.4 Å². The van der Waals surface area contributed by atoms with Gasteiger partial charge in [-0.15, -0.1) is 0 Å². The third-order valence-electron chi connectivity index (χ3n) is 6.88. The van der Waals surface area contributed by atoms with Crippen molar-refractivity contribution >= 4 is 28.1 Å². The van der Waals surface area contributed by atoms with Gasteiger partial charge in [-0.25, -0.2) is 4.39 Å². The molecule has 1 amide bonds. The molecule has 0 radical (unpaired) electrons. The Morgan fingerprint density at radius 2 is 1.72 bits per heavy atom. The molecule has 1 fully saturated rings. The van der Waals surface area contributed by atoms with Gasteiger partial charge in [-0.1, -0.05) is 30.3 Å². The number of rotatable bonds is 5. The number of methoxy groups -OCH3 is 1. The zero-order valence-corrected chi connectivity index (χ0v) is 20.8. The molecule has 1 aliphatic heterocycles. The normalized spacial score (nSPS) is 14.4. The molecular weight excluding hydrogens is 455 g/mol. The highest BCUT2D eigenvalue weighted by atomic mass is 19.1. The summed E-state index contributed by atoms with van der Waals surface area (Å²) in [6, 6.07) is 18.7. The van der Waals surface area contributed by atoms with Gasteiger partial charge in [-0.2, -0.15) is 0 Å². The number of piperazine rings is 1. The lowest BCUT2D eigenvalue weighted by Crippen LogP contribution is -2.48. The van der Waals surface area contributed by atoms with Crippen LogP contribution in [0.4, 0.5) is 10.1 Å². The molecule has 5 nitrogen and oxygen atoms in total. The number of benzene rings is 3. The highest BCUT2D eigenvalue weighted by molar-refractivity contribution is 6.01.